The molecule has 34 heavy (non-hydrogen) atoms. The van der Waals surface area contributed by atoms with Crippen LogP contribution < -0.4 is 10.2 Å². The summed E-state index contributed by atoms with van der Waals surface area (Å²) >= 11 is 6.72. The summed E-state index contributed by atoms with van der Waals surface area (Å²) in [6.07, 6.45) is 11.5. The highest BCUT2D eigenvalue weighted by atomic mass is 35.5. The van der Waals surface area contributed by atoms with E-state index in [1.54, 1.807) is 0 Å². The van der Waals surface area contributed by atoms with Crippen molar-refractivity contribution in [1.29, 1.82) is 0 Å². The highest BCUT2D eigenvalue weighted by molar-refractivity contribution is 6.33. The summed E-state index contributed by atoms with van der Waals surface area (Å²) in [5, 5.41) is 13.5. The fraction of sp³-hybridized carbons (Fsp3) is 0.704. The predicted octanol–water partition coefficient (Wildman–Crippen LogP) is 4.98. The number of carbonyl (C=O) groups is 2. The number of aliphatic hydroxyl groups excluding tert-OH is 1. The first-order valence-corrected chi connectivity index (χ1v) is 13.7. The molecule has 2 aliphatic heterocycles. The molecule has 2 saturated carbocycles. The van der Waals surface area contributed by atoms with Gasteiger partial charge in [-0.1, -0.05) is 30.9 Å². The molecule has 4 aliphatic rings. The number of halogens is 1. The van der Waals surface area contributed by atoms with Crippen molar-refractivity contribution >= 4 is 34.8 Å². The molecule has 2 aliphatic carbocycles. The molecule has 0 radical (unpaired) electrons. The van der Waals surface area contributed by atoms with E-state index in [1.165, 1.54) is 6.42 Å². The summed E-state index contributed by atoms with van der Waals surface area (Å²) in [5.41, 5.74) is 1.37. The van der Waals surface area contributed by atoms with Crippen molar-refractivity contribution in [3.8, 4) is 0 Å². The Morgan fingerprint density at radius 2 is 1.76 bits per heavy atom. The molecule has 0 bridgehead atoms. The quantitative estimate of drug-likeness (QED) is 0.628. The number of nitrogens with zero attached hydrogens (tertiary/aromatic N) is 2. The number of likely N-dealkylation sites (tertiary alicyclic amines) is 1. The van der Waals surface area contributed by atoms with Crippen LogP contribution in [0.5, 0.6) is 0 Å². The molecule has 4 fully saturated rings. The molecule has 0 aromatic heterocycles. The van der Waals surface area contributed by atoms with Crippen LogP contribution in [0.2, 0.25) is 5.02 Å². The van der Waals surface area contributed by atoms with E-state index in [9.17, 15) is 14.7 Å². The van der Waals surface area contributed by atoms with E-state index in [4.69, 9.17) is 11.6 Å². The number of hydrogen-bond acceptors (Lipinski definition) is 4. The second kappa shape index (κ2) is 10.1. The van der Waals surface area contributed by atoms with E-state index in [0.29, 0.717) is 17.5 Å². The van der Waals surface area contributed by atoms with Gasteiger partial charge in [-0.2, -0.15) is 0 Å². The smallest absolute Gasteiger partial charge is 0.230 e. The lowest BCUT2D eigenvalue weighted by Gasteiger charge is -2.41. The second-order valence-electron chi connectivity index (χ2n) is 11.0. The van der Waals surface area contributed by atoms with Gasteiger partial charge in [0.2, 0.25) is 11.8 Å². The summed E-state index contributed by atoms with van der Waals surface area (Å²) in [6.45, 7) is 2.41. The zero-order chi connectivity index (χ0) is 23.7. The molecule has 1 spiro atoms. The van der Waals surface area contributed by atoms with Gasteiger partial charge in [-0.05, 0) is 76.0 Å². The maximum atomic E-state index is 13.6. The number of aliphatic hydroxyl groups is 1. The number of anilines is 2. The van der Waals surface area contributed by atoms with E-state index >= 15 is 0 Å². The average Bonchev–Trinajstić information content (AvgIpc) is 3.15. The summed E-state index contributed by atoms with van der Waals surface area (Å²) in [7, 11) is 0. The summed E-state index contributed by atoms with van der Waals surface area (Å²) in [6, 6.07) is 6.08. The Labute approximate surface area is 208 Å². The van der Waals surface area contributed by atoms with Crippen LogP contribution in [0.1, 0.15) is 77.0 Å². The minimum absolute atomic E-state index is 0.104. The molecule has 1 atom stereocenters. The summed E-state index contributed by atoms with van der Waals surface area (Å²) in [4.78, 5) is 30.6. The van der Waals surface area contributed by atoms with Crippen LogP contribution in [-0.2, 0) is 9.59 Å². The van der Waals surface area contributed by atoms with Gasteiger partial charge in [0.05, 0.1) is 22.2 Å². The van der Waals surface area contributed by atoms with Gasteiger partial charge in [0.1, 0.15) is 0 Å². The molecule has 7 heteroatoms. The zero-order valence-corrected chi connectivity index (χ0v) is 20.9. The highest BCUT2D eigenvalue weighted by Gasteiger charge is 2.50. The van der Waals surface area contributed by atoms with E-state index in [-0.39, 0.29) is 29.4 Å². The summed E-state index contributed by atoms with van der Waals surface area (Å²) in [5.74, 6) is 0.510. The fourth-order valence-corrected chi connectivity index (χ4v) is 7.03. The first kappa shape index (κ1) is 23.9. The number of carbonyl (C=O) groups excluding carboxylic acids is 2. The normalized spacial score (nSPS) is 30.7. The number of nitrogens with one attached hydrogen (secondary N) is 1. The molecule has 2 N–H and O–H groups in total. The predicted molar refractivity (Wildman–Crippen MR) is 135 cm³/mol. The lowest BCUT2D eigenvalue weighted by Crippen LogP contribution is -2.50. The SMILES string of the molecule is O=C(Nc1ccc(N2CCCC3(CCN(C4CCC(O)CC4)C3=O)C2)c(Cl)c1)C1CCCCC1. The van der Waals surface area contributed by atoms with Crippen LogP contribution in [0.15, 0.2) is 18.2 Å². The molecular weight excluding hydrogens is 450 g/mol. The lowest BCUT2D eigenvalue weighted by atomic mass is 9.78. The third kappa shape index (κ3) is 4.81. The van der Waals surface area contributed by atoms with E-state index in [2.05, 4.69) is 15.1 Å². The second-order valence-corrected chi connectivity index (χ2v) is 11.4. The minimum Gasteiger partial charge on any atom is -0.393 e. The number of piperidine rings is 1. The van der Waals surface area contributed by atoms with Crippen molar-refractivity contribution in [3.63, 3.8) is 0 Å². The van der Waals surface area contributed by atoms with Crippen LogP contribution in [0, 0.1) is 11.3 Å². The molecule has 1 aromatic carbocycles. The molecule has 6 nitrogen and oxygen atoms in total. The topological polar surface area (TPSA) is 72.9 Å². The van der Waals surface area contributed by atoms with Crippen molar-refractivity contribution in [3.05, 3.63) is 23.2 Å². The standard InChI is InChI=1S/C27H38ClN3O3/c28-23-17-20(29-25(33)19-5-2-1-3-6-19)7-12-24(23)30-15-4-13-27(18-30)14-16-31(26(27)34)21-8-10-22(32)11-9-21/h7,12,17,19,21-22,32H,1-6,8-11,13-16,18H2,(H,29,33). The number of rotatable bonds is 4. The first-order valence-electron chi connectivity index (χ1n) is 13.3. The Hall–Kier alpha value is -1.79. The highest BCUT2D eigenvalue weighted by Crippen LogP contribution is 2.44. The Morgan fingerprint density at radius 1 is 1.00 bits per heavy atom. The Kier molecular flexibility index (Phi) is 7.08. The molecule has 2 saturated heterocycles. The van der Waals surface area contributed by atoms with Gasteiger partial charge in [0, 0.05) is 37.3 Å². The fourth-order valence-electron chi connectivity index (χ4n) is 6.73. The van der Waals surface area contributed by atoms with Crippen LogP contribution in [-0.4, -0.2) is 53.6 Å². The van der Waals surface area contributed by atoms with Crippen LogP contribution in [0.4, 0.5) is 11.4 Å². The van der Waals surface area contributed by atoms with E-state index in [1.807, 2.05) is 18.2 Å². The van der Waals surface area contributed by atoms with Gasteiger partial charge in [-0.15, -0.1) is 0 Å². The minimum atomic E-state index is -0.328. The molecule has 1 unspecified atom stereocenters. The molecule has 1 aromatic rings. The molecular formula is C27H38ClN3O3. The van der Waals surface area contributed by atoms with Gasteiger partial charge in [0.15, 0.2) is 0 Å². The summed E-state index contributed by atoms with van der Waals surface area (Å²) < 4.78 is 0. The third-order valence-electron chi connectivity index (χ3n) is 8.76. The van der Waals surface area contributed by atoms with E-state index in [0.717, 1.165) is 95.1 Å². The Bertz CT molecular complexity index is 910. The lowest BCUT2D eigenvalue weighted by molar-refractivity contribution is -0.139. The molecule has 186 valence electrons. The maximum Gasteiger partial charge on any atom is 0.230 e. The van der Waals surface area contributed by atoms with Gasteiger partial charge in [-0.3, -0.25) is 9.59 Å². The monoisotopic (exact) mass is 487 g/mol. The van der Waals surface area contributed by atoms with Crippen molar-refractivity contribution in [2.75, 3.05) is 29.9 Å². The average molecular weight is 488 g/mol. The molecule has 5 rings (SSSR count). The molecule has 2 heterocycles. The van der Waals surface area contributed by atoms with Gasteiger partial charge < -0.3 is 20.2 Å². The van der Waals surface area contributed by atoms with Crippen molar-refractivity contribution in [2.24, 2.45) is 11.3 Å². The van der Waals surface area contributed by atoms with Crippen LogP contribution >= 0.6 is 11.6 Å². The van der Waals surface area contributed by atoms with E-state index < -0.39 is 0 Å². The zero-order valence-electron chi connectivity index (χ0n) is 20.1. The number of benzene rings is 1. The van der Waals surface area contributed by atoms with Crippen molar-refractivity contribution in [1.82, 2.24) is 4.90 Å². The number of amides is 2. The number of hydrogen-bond donors (Lipinski definition) is 2. The first-order chi connectivity index (χ1) is 16.4. The third-order valence-corrected chi connectivity index (χ3v) is 9.06. The maximum absolute atomic E-state index is 13.6. The van der Waals surface area contributed by atoms with Crippen molar-refractivity contribution in [2.45, 2.75) is 89.2 Å². The van der Waals surface area contributed by atoms with Gasteiger partial charge in [0.25, 0.3) is 0 Å². The van der Waals surface area contributed by atoms with Crippen molar-refractivity contribution < 1.29 is 14.7 Å². The largest absolute Gasteiger partial charge is 0.393 e. The van der Waals surface area contributed by atoms with Crippen LogP contribution in [0.3, 0.4) is 0 Å². The Balaban J connectivity index is 1.24. The van der Waals surface area contributed by atoms with Gasteiger partial charge in [-0.25, -0.2) is 0 Å². The molecule has 2 amide bonds. The van der Waals surface area contributed by atoms with Gasteiger partial charge >= 0.3 is 0 Å². The Morgan fingerprint density at radius 3 is 2.50 bits per heavy atom. The van der Waals surface area contributed by atoms with Crippen LogP contribution in [0.25, 0.3) is 0 Å².